The van der Waals surface area contributed by atoms with Gasteiger partial charge < -0.3 is 9.88 Å². The first kappa shape index (κ1) is 10.0. The van der Waals surface area contributed by atoms with E-state index in [9.17, 15) is 4.39 Å². The Kier molecular flexibility index (Phi) is 2.90. The van der Waals surface area contributed by atoms with Crippen LogP contribution < -0.4 is 5.32 Å². The van der Waals surface area contributed by atoms with E-state index in [2.05, 4.69) is 28.1 Å². The second-order valence-corrected chi connectivity index (χ2v) is 3.67. The molecule has 1 aromatic carbocycles. The third-order valence-corrected chi connectivity index (χ3v) is 2.52. The van der Waals surface area contributed by atoms with Crippen molar-refractivity contribution in [1.82, 2.24) is 4.57 Å². The average Bonchev–Trinajstić information content (AvgIpc) is 2.61. The van der Waals surface area contributed by atoms with Gasteiger partial charge in [0.15, 0.2) is 0 Å². The van der Waals surface area contributed by atoms with Gasteiger partial charge in [-0.2, -0.15) is 0 Å². The van der Waals surface area contributed by atoms with E-state index in [0.29, 0.717) is 13.0 Å². The summed E-state index contributed by atoms with van der Waals surface area (Å²) in [6.45, 7) is 0.426. The highest BCUT2D eigenvalue weighted by molar-refractivity contribution is 5.83. The molecule has 0 radical (unpaired) electrons. The summed E-state index contributed by atoms with van der Waals surface area (Å²) in [5, 5.41) is 4.41. The van der Waals surface area contributed by atoms with Crippen molar-refractivity contribution in [3.05, 3.63) is 30.5 Å². The normalized spacial score (nSPS) is 10.8. The fourth-order valence-electron chi connectivity index (χ4n) is 1.69. The summed E-state index contributed by atoms with van der Waals surface area (Å²) in [6, 6.07) is 8.27. The summed E-state index contributed by atoms with van der Waals surface area (Å²) in [5.74, 6) is 0. The monoisotopic (exact) mass is 206 g/mol. The van der Waals surface area contributed by atoms with E-state index < -0.39 is 0 Å². The number of fused-ring (bicyclic) bond motifs is 1. The van der Waals surface area contributed by atoms with E-state index in [1.54, 1.807) is 0 Å². The number of hydrogen-bond donors (Lipinski definition) is 1. The summed E-state index contributed by atoms with van der Waals surface area (Å²) >= 11 is 0. The van der Waals surface area contributed by atoms with Gasteiger partial charge in [-0.1, -0.05) is 0 Å². The number of nitrogens with one attached hydrogen (secondary N) is 1. The van der Waals surface area contributed by atoms with Crippen LogP contribution in [-0.4, -0.2) is 17.8 Å². The van der Waals surface area contributed by atoms with Crippen LogP contribution in [0.2, 0.25) is 0 Å². The van der Waals surface area contributed by atoms with Crippen molar-refractivity contribution in [2.45, 2.75) is 6.42 Å². The summed E-state index contributed by atoms with van der Waals surface area (Å²) < 4.78 is 14.0. The quantitative estimate of drug-likeness (QED) is 0.761. The molecule has 0 aliphatic rings. The molecule has 1 aromatic heterocycles. The number of aromatic nitrogens is 1. The summed E-state index contributed by atoms with van der Waals surface area (Å²) in [5.41, 5.74) is 2.27. The molecule has 80 valence electrons. The maximum absolute atomic E-state index is 11.9. The molecule has 0 saturated carbocycles. The molecule has 15 heavy (non-hydrogen) atoms. The van der Waals surface area contributed by atoms with Crippen molar-refractivity contribution in [3.8, 4) is 0 Å². The Morgan fingerprint density at radius 2 is 2.20 bits per heavy atom. The Morgan fingerprint density at radius 1 is 1.33 bits per heavy atom. The number of benzene rings is 1. The maximum Gasteiger partial charge on any atom is 0.0911 e. The Bertz CT molecular complexity index is 448. The second kappa shape index (κ2) is 4.34. The number of alkyl halides is 1. The zero-order valence-electron chi connectivity index (χ0n) is 8.83. The summed E-state index contributed by atoms with van der Waals surface area (Å²) in [4.78, 5) is 0. The van der Waals surface area contributed by atoms with Crippen LogP contribution in [-0.2, 0) is 7.05 Å². The van der Waals surface area contributed by atoms with Crippen LogP contribution in [0.4, 0.5) is 10.1 Å². The van der Waals surface area contributed by atoms with Crippen molar-refractivity contribution < 1.29 is 4.39 Å². The standard InChI is InChI=1S/C12H15FN2/c1-15-8-5-10-9-11(3-4-12(10)15)14-7-2-6-13/h3-5,8-9,14H,2,6-7H2,1H3. The Morgan fingerprint density at radius 3 is 3.00 bits per heavy atom. The fourth-order valence-corrected chi connectivity index (χ4v) is 1.69. The van der Waals surface area contributed by atoms with Crippen molar-refractivity contribution in [2.75, 3.05) is 18.5 Å². The molecule has 3 heteroatoms. The van der Waals surface area contributed by atoms with Gasteiger partial charge in [-0.15, -0.1) is 0 Å². The van der Waals surface area contributed by atoms with Gasteiger partial charge in [0.2, 0.25) is 0 Å². The maximum atomic E-state index is 11.9. The highest BCUT2D eigenvalue weighted by Gasteiger charge is 1.98. The van der Waals surface area contributed by atoms with Crippen LogP contribution in [0.25, 0.3) is 10.9 Å². The number of aryl methyl sites for hydroxylation is 1. The van der Waals surface area contributed by atoms with Crippen LogP contribution in [0.3, 0.4) is 0 Å². The topological polar surface area (TPSA) is 17.0 Å². The number of hydrogen-bond acceptors (Lipinski definition) is 1. The van der Waals surface area contributed by atoms with Crippen LogP contribution in [0.15, 0.2) is 30.5 Å². The second-order valence-electron chi connectivity index (χ2n) is 3.67. The van der Waals surface area contributed by atoms with Crippen LogP contribution in [0.1, 0.15) is 6.42 Å². The Labute approximate surface area is 88.7 Å². The molecule has 0 unspecified atom stereocenters. The highest BCUT2D eigenvalue weighted by atomic mass is 19.1. The lowest BCUT2D eigenvalue weighted by Gasteiger charge is -2.05. The average molecular weight is 206 g/mol. The predicted octanol–water partition coefficient (Wildman–Crippen LogP) is 2.95. The molecule has 0 aliphatic carbocycles. The van der Waals surface area contributed by atoms with Gasteiger partial charge in [0.05, 0.1) is 6.67 Å². The minimum absolute atomic E-state index is 0.263. The van der Waals surface area contributed by atoms with Crippen LogP contribution in [0.5, 0.6) is 0 Å². The van der Waals surface area contributed by atoms with Gasteiger partial charge in [0.1, 0.15) is 0 Å². The van der Waals surface area contributed by atoms with E-state index in [1.165, 1.54) is 10.9 Å². The minimum Gasteiger partial charge on any atom is -0.385 e. The van der Waals surface area contributed by atoms with E-state index in [-0.39, 0.29) is 6.67 Å². The Hall–Kier alpha value is -1.51. The van der Waals surface area contributed by atoms with Crippen LogP contribution >= 0.6 is 0 Å². The lowest BCUT2D eigenvalue weighted by molar-refractivity contribution is 0.481. The molecule has 1 N–H and O–H groups in total. The molecule has 0 amide bonds. The van der Waals surface area contributed by atoms with Crippen LogP contribution in [0, 0.1) is 0 Å². The minimum atomic E-state index is -0.263. The molecule has 2 nitrogen and oxygen atoms in total. The van der Waals surface area contributed by atoms with Gasteiger partial charge in [-0.3, -0.25) is 4.39 Å². The van der Waals surface area contributed by atoms with Crippen molar-refractivity contribution in [1.29, 1.82) is 0 Å². The number of nitrogens with zero attached hydrogens (tertiary/aromatic N) is 1. The Balaban J connectivity index is 2.16. The third kappa shape index (κ3) is 2.12. The number of anilines is 1. The zero-order valence-corrected chi connectivity index (χ0v) is 8.83. The molecule has 0 bridgehead atoms. The molecule has 0 saturated heterocycles. The lowest BCUT2D eigenvalue weighted by Crippen LogP contribution is -2.01. The highest BCUT2D eigenvalue weighted by Crippen LogP contribution is 2.19. The third-order valence-electron chi connectivity index (χ3n) is 2.52. The van der Waals surface area contributed by atoms with Gasteiger partial charge in [-0.25, -0.2) is 0 Å². The largest absolute Gasteiger partial charge is 0.385 e. The molecular formula is C12H15FN2. The SMILES string of the molecule is Cn1ccc2cc(NCCCF)ccc21. The van der Waals surface area contributed by atoms with Crippen molar-refractivity contribution in [2.24, 2.45) is 7.05 Å². The fraction of sp³-hybridized carbons (Fsp3) is 0.333. The molecule has 2 aromatic rings. The molecule has 0 aliphatic heterocycles. The van der Waals surface area contributed by atoms with Gasteiger partial charge >= 0.3 is 0 Å². The van der Waals surface area contributed by atoms with E-state index in [1.807, 2.05) is 19.3 Å². The molecule has 0 spiro atoms. The first-order chi connectivity index (χ1) is 7.31. The van der Waals surface area contributed by atoms with Gasteiger partial charge in [0.25, 0.3) is 0 Å². The van der Waals surface area contributed by atoms with E-state index in [4.69, 9.17) is 0 Å². The first-order valence-electron chi connectivity index (χ1n) is 5.16. The molecule has 2 rings (SSSR count). The molecule has 0 atom stereocenters. The van der Waals surface area contributed by atoms with E-state index >= 15 is 0 Å². The molecular weight excluding hydrogens is 191 g/mol. The summed E-state index contributed by atoms with van der Waals surface area (Å²) in [6.07, 6.45) is 2.60. The van der Waals surface area contributed by atoms with Gasteiger partial charge in [0, 0.05) is 36.4 Å². The molecule has 1 heterocycles. The lowest BCUT2D eigenvalue weighted by atomic mass is 10.2. The zero-order chi connectivity index (χ0) is 10.7. The van der Waals surface area contributed by atoms with Crippen molar-refractivity contribution in [3.63, 3.8) is 0 Å². The van der Waals surface area contributed by atoms with E-state index in [0.717, 1.165) is 5.69 Å². The number of rotatable bonds is 4. The number of halogens is 1. The summed E-state index contributed by atoms with van der Waals surface area (Å²) in [7, 11) is 2.03. The van der Waals surface area contributed by atoms with Crippen molar-refractivity contribution >= 4 is 16.6 Å². The molecule has 0 fully saturated rings. The van der Waals surface area contributed by atoms with Gasteiger partial charge in [-0.05, 0) is 30.7 Å². The smallest absolute Gasteiger partial charge is 0.0911 e. The first-order valence-corrected chi connectivity index (χ1v) is 5.16. The predicted molar refractivity (Wildman–Crippen MR) is 62.0 cm³/mol.